The zero-order valence-electron chi connectivity index (χ0n) is 15.2. The Bertz CT molecular complexity index is 988. The molecule has 27 heavy (non-hydrogen) atoms. The fourth-order valence-corrected chi connectivity index (χ4v) is 5.62. The van der Waals surface area contributed by atoms with Crippen LogP contribution in [0.1, 0.15) is 34.8 Å². The summed E-state index contributed by atoms with van der Waals surface area (Å²) in [5.41, 5.74) is 2.70. The molecule has 0 bridgehead atoms. The van der Waals surface area contributed by atoms with Crippen LogP contribution in [-0.2, 0) is 11.8 Å². The zero-order valence-corrected chi connectivity index (χ0v) is 15.2. The smallest absolute Gasteiger partial charge is 0.282 e. The van der Waals surface area contributed by atoms with Gasteiger partial charge >= 0.3 is 0 Å². The first kappa shape index (κ1) is 16.3. The van der Waals surface area contributed by atoms with Gasteiger partial charge in [-0.3, -0.25) is 14.9 Å². The number of ether oxygens (including phenoxy) is 1. The van der Waals surface area contributed by atoms with Crippen LogP contribution in [0.25, 0.3) is 0 Å². The van der Waals surface area contributed by atoms with E-state index in [1.54, 1.807) is 25.3 Å². The van der Waals surface area contributed by atoms with E-state index in [-0.39, 0.29) is 34.7 Å². The van der Waals surface area contributed by atoms with Crippen LogP contribution in [0.3, 0.4) is 0 Å². The van der Waals surface area contributed by atoms with Gasteiger partial charge in [0.25, 0.3) is 11.6 Å². The minimum absolute atomic E-state index is 0.0524. The highest BCUT2D eigenvalue weighted by Gasteiger charge is 2.69. The largest absolute Gasteiger partial charge is 0.497 e. The minimum Gasteiger partial charge on any atom is -0.497 e. The van der Waals surface area contributed by atoms with E-state index >= 15 is 0 Å². The van der Waals surface area contributed by atoms with Crippen molar-refractivity contribution < 1.29 is 14.5 Å². The highest BCUT2D eigenvalue weighted by atomic mass is 16.6. The highest BCUT2D eigenvalue weighted by Crippen LogP contribution is 2.64. The van der Waals surface area contributed by atoms with Gasteiger partial charge in [-0.05, 0) is 42.2 Å². The molecule has 2 aromatic rings. The van der Waals surface area contributed by atoms with Gasteiger partial charge in [0.15, 0.2) is 0 Å². The molecule has 1 heterocycles. The summed E-state index contributed by atoms with van der Waals surface area (Å²) in [6.45, 7) is 2.27. The van der Waals surface area contributed by atoms with Crippen LogP contribution >= 0.6 is 0 Å². The molecule has 1 unspecified atom stereocenters. The van der Waals surface area contributed by atoms with Crippen LogP contribution in [0.5, 0.6) is 5.75 Å². The van der Waals surface area contributed by atoms with Gasteiger partial charge in [0.1, 0.15) is 11.3 Å². The summed E-state index contributed by atoms with van der Waals surface area (Å²) < 4.78 is 5.40. The Hall–Kier alpha value is -2.89. The number of fused-ring (bicyclic) bond motifs is 2. The molecule has 1 saturated heterocycles. The van der Waals surface area contributed by atoms with Gasteiger partial charge < -0.3 is 9.64 Å². The average molecular weight is 364 g/mol. The Morgan fingerprint density at radius 2 is 2.04 bits per heavy atom. The van der Waals surface area contributed by atoms with Gasteiger partial charge in [-0.1, -0.05) is 25.1 Å². The molecule has 6 heteroatoms. The predicted octanol–water partition coefficient (Wildman–Crippen LogP) is 3.33. The number of hydrogen-bond acceptors (Lipinski definition) is 4. The van der Waals surface area contributed by atoms with E-state index in [1.807, 2.05) is 11.0 Å². The number of benzene rings is 2. The molecule has 0 spiro atoms. The number of nitrogens with zero attached hydrogens (tertiary/aromatic N) is 2. The number of amides is 1. The molecular weight excluding hydrogens is 344 g/mol. The molecule has 6 nitrogen and oxygen atoms in total. The topological polar surface area (TPSA) is 72.7 Å². The maximum Gasteiger partial charge on any atom is 0.282 e. The summed E-state index contributed by atoms with van der Waals surface area (Å²) in [6, 6.07) is 12.7. The van der Waals surface area contributed by atoms with Crippen molar-refractivity contribution in [3.8, 4) is 5.75 Å². The van der Waals surface area contributed by atoms with Crippen molar-refractivity contribution in [2.45, 2.75) is 37.3 Å². The molecule has 4 atom stereocenters. The Kier molecular flexibility index (Phi) is 3.21. The summed E-state index contributed by atoms with van der Waals surface area (Å²) in [5.74, 6) is 1.07. The number of likely N-dealkylation sites (tertiary alicyclic amines) is 1. The maximum atomic E-state index is 13.2. The molecule has 1 aliphatic heterocycles. The number of methoxy groups -OCH3 is 1. The third-order valence-corrected chi connectivity index (χ3v) is 6.84. The van der Waals surface area contributed by atoms with Crippen LogP contribution in [0.4, 0.5) is 5.69 Å². The van der Waals surface area contributed by atoms with E-state index in [0.717, 1.165) is 18.6 Å². The molecule has 0 radical (unpaired) electrons. The standard InChI is InChI=1S/C21H20N2O4/c1-21-11-18-19(21)17(9-12-7-8-13(27-2)10-15(12)21)22(18)20(24)14-5-3-4-6-16(14)23(25)26/h3-8,10,17-19H,9,11H2,1-2H3/t17-,18?,19-,21+/m1/s1. The Morgan fingerprint density at radius 3 is 2.78 bits per heavy atom. The van der Waals surface area contributed by atoms with Crippen LogP contribution < -0.4 is 4.74 Å². The number of hydrogen-bond donors (Lipinski definition) is 0. The van der Waals surface area contributed by atoms with Gasteiger partial charge in [-0.15, -0.1) is 0 Å². The normalized spacial score (nSPS) is 29.7. The van der Waals surface area contributed by atoms with Crippen molar-refractivity contribution >= 4 is 11.6 Å². The minimum atomic E-state index is -0.474. The monoisotopic (exact) mass is 364 g/mol. The summed E-state index contributed by atoms with van der Waals surface area (Å²) >= 11 is 0. The van der Waals surface area contributed by atoms with Gasteiger partial charge in [0.05, 0.1) is 12.0 Å². The van der Waals surface area contributed by atoms with E-state index in [2.05, 4.69) is 19.1 Å². The zero-order chi connectivity index (χ0) is 18.9. The van der Waals surface area contributed by atoms with Crippen LogP contribution in [0, 0.1) is 16.0 Å². The van der Waals surface area contributed by atoms with Crippen LogP contribution in [-0.4, -0.2) is 34.9 Å². The molecule has 2 fully saturated rings. The summed E-state index contributed by atoms with van der Waals surface area (Å²) in [5, 5.41) is 11.3. The molecule has 5 rings (SSSR count). The SMILES string of the molecule is COc1ccc2c(c1)[C@]1(C)CC3[C@H]1[C@@H](C2)N3C(=O)c1ccccc1[N+](=O)[O-]. The first-order valence-corrected chi connectivity index (χ1v) is 9.19. The number of piperidine rings is 1. The van der Waals surface area contributed by atoms with Crippen molar-refractivity contribution in [1.29, 1.82) is 0 Å². The lowest BCUT2D eigenvalue weighted by atomic mass is 9.43. The lowest BCUT2D eigenvalue weighted by Crippen LogP contribution is -2.80. The maximum absolute atomic E-state index is 13.2. The second-order valence-electron chi connectivity index (χ2n) is 8.00. The van der Waals surface area contributed by atoms with E-state index in [1.165, 1.54) is 17.2 Å². The lowest BCUT2D eigenvalue weighted by Gasteiger charge is -2.72. The fraction of sp³-hybridized carbons (Fsp3) is 0.381. The lowest BCUT2D eigenvalue weighted by molar-refractivity contribution is -0.385. The second-order valence-corrected chi connectivity index (χ2v) is 8.00. The van der Waals surface area contributed by atoms with E-state index in [9.17, 15) is 14.9 Å². The van der Waals surface area contributed by atoms with E-state index < -0.39 is 4.92 Å². The molecule has 2 aliphatic carbocycles. The average Bonchev–Trinajstić information content (AvgIpc) is 2.65. The molecule has 0 aromatic heterocycles. The second kappa shape index (κ2) is 5.31. The summed E-state index contributed by atoms with van der Waals surface area (Å²) in [4.78, 5) is 25.9. The fourth-order valence-electron chi connectivity index (χ4n) is 5.62. The van der Waals surface area contributed by atoms with E-state index in [0.29, 0.717) is 5.92 Å². The van der Waals surface area contributed by atoms with Gasteiger partial charge in [0, 0.05) is 29.5 Å². The molecule has 2 aromatic carbocycles. The number of nitro benzene ring substituents is 1. The first-order valence-electron chi connectivity index (χ1n) is 9.19. The molecule has 1 amide bonds. The van der Waals surface area contributed by atoms with Crippen molar-refractivity contribution in [2.24, 2.45) is 5.92 Å². The molecular formula is C21H20N2O4. The van der Waals surface area contributed by atoms with Crippen molar-refractivity contribution in [3.63, 3.8) is 0 Å². The third-order valence-electron chi connectivity index (χ3n) is 6.84. The highest BCUT2D eigenvalue weighted by molar-refractivity contribution is 5.99. The predicted molar refractivity (Wildman–Crippen MR) is 99.0 cm³/mol. The van der Waals surface area contributed by atoms with Gasteiger partial charge in [-0.25, -0.2) is 0 Å². The van der Waals surface area contributed by atoms with Crippen molar-refractivity contribution in [2.75, 3.05) is 7.11 Å². The van der Waals surface area contributed by atoms with E-state index in [4.69, 9.17) is 4.74 Å². The molecule has 3 aliphatic rings. The first-order chi connectivity index (χ1) is 13.0. The van der Waals surface area contributed by atoms with Crippen LogP contribution in [0.2, 0.25) is 0 Å². The number of carbonyl (C=O) groups excluding carboxylic acids is 1. The van der Waals surface area contributed by atoms with Crippen molar-refractivity contribution in [1.82, 2.24) is 4.90 Å². The third kappa shape index (κ3) is 1.98. The van der Waals surface area contributed by atoms with Gasteiger partial charge in [-0.2, -0.15) is 0 Å². The van der Waals surface area contributed by atoms with Crippen molar-refractivity contribution in [3.05, 3.63) is 69.3 Å². The number of nitro groups is 1. The number of rotatable bonds is 3. The molecule has 138 valence electrons. The molecule has 1 saturated carbocycles. The quantitative estimate of drug-likeness (QED) is 0.619. The number of carbonyl (C=O) groups is 1. The Morgan fingerprint density at radius 1 is 1.26 bits per heavy atom. The van der Waals surface area contributed by atoms with Gasteiger partial charge in [0.2, 0.25) is 0 Å². The Labute approximate surface area is 156 Å². The van der Waals surface area contributed by atoms with Crippen LogP contribution in [0.15, 0.2) is 42.5 Å². The Balaban J connectivity index is 1.50. The number of para-hydroxylation sites is 1. The summed E-state index contributed by atoms with van der Waals surface area (Å²) in [7, 11) is 1.68. The summed E-state index contributed by atoms with van der Waals surface area (Å²) in [6.07, 6.45) is 1.68. The molecule has 0 N–H and O–H groups in total.